The van der Waals surface area contributed by atoms with Crippen molar-refractivity contribution < 1.29 is 28.2 Å². The van der Waals surface area contributed by atoms with E-state index in [9.17, 15) is 23.5 Å². The van der Waals surface area contributed by atoms with Gasteiger partial charge in [-0.2, -0.15) is 0 Å². The van der Waals surface area contributed by atoms with Crippen LogP contribution in [0.1, 0.15) is 27.2 Å². The van der Waals surface area contributed by atoms with Crippen LogP contribution in [0.25, 0.3) is 0 Å². The molecule has 1 aliphatic heterocycles. The van der Waals surface area contributed by atoms with Crippen molar-refractivity contribution in [2.45, 2.75) is 44.8 Å². The van der Waals surface area contributed by atoms with E-state index in [0.29, 0.717) is 4.90 Å². The van der Waals surface area contributed by atoms with Gasteiger partial charge in [0.15, 0.2) is 0 Å². The molecule has 1 atom stereocenters. The minimum atomic E-state index is -3.48. The molecule has 5 nitrogen and oxygen atoms in total. The number of likely N-dealkylation sites (tertiary alicyclic amines) is 1. The maximum absolute atomic E-state index is 13.2. The molecular formula is C10H14F2NO4-. The van der Waals surface area contributed by atoms with Gasteiger partial charge in [-0.05, 0) is 20.8 Å². The molecule has 98 valence electrons. The van der Waals surface area contributed by atoms with E-state index in [4.69, 9.17) is 4.74 Å². The second kappa shape index (κ2) is 4.12. The van der Waals surface area contributed by atoms with Crippen molar-refractivity contribution in [1.82, 2.24) is 4.90 Å². The molecule has 0 spiro atoms. The van der Waals surface area contributed by atoms with Crippen LogP contribution in [0.4, 0.5) is 13.6 Å². The SMILES string of the molecule is CC(C)(C)OC(=O)N1CCC(F)(F)C1C(=O)[O-]. The summed E-state index contributed by atoms with van der Waals surface area (Å²) in [5.41, 5.74) is -0.870. The first-order valence-electron chi connectivity index (χ1n) is 5.13. The summed E-state index contributed by atoms with van der Waals surface area (Å²) in [6.07, 6.45) is -1.77. The lowest BCUT2D eigenvalue weighted by Gasteiger charge is -2.30. The summed E-state index contributed by atoms with van der Waals surface area (Å²) in [5.74, 6) is -5.45. The average molecular weight is 250 g/mol. The van der Waals surface area contributed by atoms with Gasteiger partial charge < -0.3 is 14.6 Å². The maximum Gasteiger partial charge on any atom is 0.411 e. The van der Waals surface area contributed by atoms with E-state index in [2.05, 4.69) is 0 Å². The summed E-state index contributed by atoms with van der Waals surface area (Å²) in [5, 5.41) is 10.7. The third kappa shape index (κ3) is 3.04. The molecule has 1 fully saturated rings. The highest BCUT2D eigenvalue weighted by molar-refractivity contribution is 5.80. The summed E-state index contributed by atoms with van der Waals surface area (Å²) in [6.45, 7) is 4.33. The fraction of sp³-hybridized carbons (Fsp3) is 0.800. The van der Waals surface area contributed by atoms with Crippen molar-refractivity contribution in [3.05, 3.63) is 0 Å². The van der Waals surface area contributed by atoms with Crippen LogP contribution in [0.3, 0.4) is 0 Å². The van der Waals surface area contributed by atoms with Crippen LogP contribution in [0.15, 0.2) is 0 Å². The molecule has 0 radical (unpaired) electrons. The van der Waals surface area contributed by atoms with E-state index in [1.54, 1.807) is 20.8 Å². The first-order chi connectivity index (χ1) is 7.54. The van der Waals surface area contributed by atoms with Gasteiger partial charge in [0.05, 0.1) is 5.97 Å². The van der Waals surface area contributed by atoms with Crippen LogP contribution in [-0.4, -0.2) is 41.1 Å². The molecule has 0 bridgehead atoms. The summed E-state index contributed by atoms with van der Waals surface area (Å²) in [6, 6.07) is -2.25. The number of ether oxygens (including phenoxy) is 1. The van der Waals surface area contributed by atoms with E-state index < -0.39 is 36.0 Å². The van der Waals surface area contributed by atoms with E-state index in [-0.39, 0.29) is 6.54 Å². The first kappa shape index (κ1) is 13.7. The van der Waals surface area contributed by atoms with Gasteiger partial charge in [-0.1, -0.05) is 0 Å². The number of carboxylic acids is 1. The van der Waals surface area contributed by atoms with Gasteiger partial charge >= 0.3 is 6.09 Å². The number of halogens is 2. The number of carbonyl (C=O) groups excluding carboxylic acids is 2. The number of carboxylic acid groups (broad SMARTS) is 1. The monoisotopic (exact) mass is 250 g/mol. The molecule has 7 heteroatoms. The number of nitrogens with zero attached hydrogens (tertiary/aromatic N) is 1. The minimum absolute atomic E-state index is 0.361. The van der Waals surface area contributed by atoms with Crippen LogP contribution < -0.4 is 5.11 Å². The predicted octanol–water partition coefficient (Wildman–Crippen LogP) is 0.381. The fourth-order valence-electron chi connectivity index (χ4n) is 1.58. The highest BCUT2D eigenvalue weighted by Crippen LogP contribution is 2.34. The summed E-state index contributed by atoms with van der Waals surface area (Å²) < 4.78 is 31.3. The Bertz CT molecular complexity index is 338. The Labute approximate surface area is 97.3 Å². The van der Waals surface area contributed by atoms with Crippen molar-refractivity contribution in [3.63, 3.8) is 0 Å². The zero-order valence-corrected chi connectivity index (χ0v) is 9.83. The molecule has 0 saturated carbocycles. The standard InChI is InChI=1S/C10H15F2NO4/c1-9(2,3)17-8(16)13-5-4-10(11,12)6(13)7(14)15/h6H,4-5H2,1-3H3,(H,14,15)/p-1. The summed E-state index contributed by atoms with van der Waals surface area (Å²) in [4.78, 5) is 22.7. The Kier molecular flexibility index (Phi) is 3.31. The largest absolute Gasteiger partial charge is 0.548 e. The number of hydrogen-bond acceptors (Lipinski definition) is 4. The second-order valence-electron chi connectivity index (χ2n) is 4.91. The molecule has 0 N–H and O–H groups in total. The smallest absolute Gasteiger partial charge is 0.411 e. The number of hydrogen-bond donors (Lipinski definition) is 0. The van der Waals surface area contributed by atoms with Crippen LogP contribution in [0, 0.1) is 0 Å². The van der Waals surface area contributed by atoms with E-state index in [0.717, 1.165) is 0 Å². The number of aliphatic carboxylic acids is 1. The van der Waals surface area contributed by atoms with Crippen LogP contribution in [0.5, 0.6) is 0 Å². The normalized spacial score (nSPS) is 23.6. The third-order valence-electron chi connectivity index (χ3n) is 2.25. The van der Waals surface area contributed by atoms with Gasteiger partial charge in [0.2, 0.25) is 0 Å². The zero-order valence-electron chi connectivity index (χ0n) is 9.83. The Balaban J connectivity index is 2.85. The maximum atomic E-state index is 13.2. The highest BCUT2D eigenvalue weighted by atomic mass is 19.3. The summed E-state index contributed by atoms with van der Waals surface area (Å²) in [7, 11) is 0. The Morgan fingerprint density at radius 1 is 1.41 bits per heavy atom. The molecule has 0 aromatic carbocycles. The quantitative estimate of drug-likeness (QED) is 0.674. The molecule has 1 saturated heterocycles. The van der Waals surface area contributed by atoms with Gasteiger partial charge in [0, 0.05) is 13.0 Å². The zero-order chi connectivity index (χ0) is 13.4. The van der Waals surface area contributed by atoms with E-state index in [1.807, 2.05) is 0 Å². The van der Waals surface area contributed by atoms with E-state index >= 15 is 0 Å². The lowest BCUT2D eigenvalue weighted by Crippen LogP contribution is -2.54. The number of rotatable bonds is 1. The van der Waals surface area contributed by atoms with Crippen molar-refractivity contribution in [3.8, 4) is 0 Å². The molecule has 1 aliphatic rings. The molecule has 1 amide bonds. The molecule has 0 aromatic heterocycles. The van der Waals surface area contributed by atoms with Crippen molar-refractivity contribution in [1.29, 1.82) is 0 Å². The van der Waals surface area contributed by atoms with E-state index in [1.165, 1.54) is 0 Å². The summed E-state index contributed by atoms with van der Waals surface area (Å²) >= 11 is 0. The molecule has 17 heavy (non-hydrogen) atoms. The lowest BCUT2D eigenvalue weighted by atomic mass is 10.1. The molecule has 0 aliphatic carbocycles. The molecule has 1 heterocycles. The van der Waals surface area contributed by atoms with Crippen LogP contribution in [-0.2, 0) is 9.53 Å². The second-order valence-corrected chi connectivity index (χ2v) is 4.91. The molecule has 0 aromatic rings. The Morgan fingerprint density at radius 3 is 2.35 bits per heavy atom. The molecular weight excluding hydrogens is 236 g/mol. The molecule has 1 unspecified atom stereocenters. The van der Waals surface area contributed by atoms with Crippen molar-refractivity contribution >= 4 is 12.1 Å². The number of carbonyl (C=O) groups is 2. The van der Waals surface area contributed by atoms with Crippen molar-refractivity contribution in [2.24, 2.45) is 0 Å². The fourth-order valence-corrected chi connectivity index (χ4v) is 1.58. The number of alkyl halides is 2. The highest BCUT2D eigenvalue weighted by Gasteiger charge is 2.52. The minimum Gasteiger partial charge on any atom is -0.548 e. The lowest BCUT2D eigenvalue weighted by molar-refractivity contribution is -0.315. The Hall–Kier alpha value is -1.40. The first-order valence-corrected chi connectivity index (χ1v) is 5.13. The van der Waals surface area contributed by atoms with Gasteiger partial charge in [0.25, 0.3) is 5.92 Å². The average Bonchev–Trinajstić information content (AvgIpc) is 2.37. The van der Waals surface area contributed by atoms with Gasteiger partial charge in [-0.3, -0.25) is 4.90 Å². The number of amides is 1. The van der Waals surface area contributed by atoms with Gasteiger partial charge in [-0.25, -0.2) is 13.6 Å². The predicted molar refractivity (Wildman–Crippen MR) is 51.3 cm³/mol. The topological polar surface area (TPSA) is 69.7 Å². The van der Waals surface area contributed by atoms with Crippen LogP contribution in [0.2, 0.25) is 0 Å². The third-order valence-corrected chi connectivity index (χ3v) is 2.25. The van der Waals surface area contributed by atoms with Crippen molar-refractivity contribution in [2.75, 3.05) is 6.54 Å². The van der Waals surface area contributed by atoms with Gasteiger partial charge in [-0.15, -0.1) is 0 Å². The Morgan fingerprint density at radius 2 is 1.94 bits per heavy atom. The molecule has 1 rings (SSSR count). The van der Waals surface area contributed by atoms with Crippen LogP contribution >= 0.6 is 0 Å². The van der Waals surface area contributed by atoms with Gasteiger partial charge in [0.1, 0.15) is 11.6 Å².